The highest BCUT2D eigenvalue weighted by Crippen LogP contribution is 2.28. The zero-order valence-corrected chi connectivity index (χ0v) is 13.2. The van der Waals surface area contributed by atoms with Crippen LogP contribution < -0.4 is 11.1 Å². The Morgan fingerprint density at radius 1 is 1.29 bits per heavy atom. The summed E-state index contributed by atoms with van der Waals surface area (Å²) in [4.78, 5) is 22.3. The second-order valence-electron chi connectivity index (χ2n) is 5.54. The third-order valence-electron chi connectivity index (χ3n) is 3.77. The van der Waals surface area contributed by atoms with Crippen LogP contribution in [0.1, 0.15) is 11.1 Å². The number of nitrogens with zero attached hydrogens (tertiary/aromatic N) is 1. The number of carbonyl (C=O) groups is 1. The molecule has 0 fully saturated rings. The first-order chi connectivity index (χ1) is 11.4. The highest BCUT2D eigenvalue weighted by atomic mass is 19.1. The first kappa shape index (κ1) is 17.4. The smallest absolute Gasteiger partial charge is 0.292 e. The molecule has 0 bridgehead atoms. The number of rotatable bonds is 7. The van der Waals surface area contributed by atoms with Crippen molar-refractivity contribution in [2.24, 2.45) is 11.7 Å². The van der Waals surface area contributed by atoms with Gasteiger partial charge >= 0.3 is 0 Å². The first-order valence-electron chi connectivity index (χ1n) is 7.40. The zero-order valence-electron chi connectivity index (χ0n) is 13.2. The molecule has 0 radical (unpaired) electrons. The number of nitro benzene ring substituents is 1. The van der Waals surface area contributed by atoms with Crippen LogP contribution in [-0.2, 0) is 11.2 Å². The number of para-hydroxylation sites is 1. The monoisotopic (exact) mass is 331 g/mol. The number of carbonyl (C=O) groups excluding carboxylic acids is 1. The first-order valence-corrected chi connectivity index (χ1v) is 7.40. The van der Waals surface area contributed by atoms with Crippen molar-refractivity contribution in [1.29, 1.82) is 0 Å². The Kier molecular flexibility index (Phi) is 5.47. The molecule has 0 aliphatic rings. The third-order valence-corrected chi connectivity index (χ3v) is 3.77. The fraction of sp³-hybridized carbons (Fsp3) is 0.235. The summed E-state index contributed by atoms with van der Waals surface area (Å²) in [5.41, 5.74) is 7.21. The van der Waals surface area contributed by atoms with Gasteiger partial charge in [0.05, 0.1) is 10.8 Å². The fourth-order valence-corrected chi connectivity index (χ4v) is 2.44. The van der Waals surface area contributed by atoms with E-state index in [0.717, 1.165) is 5.56 Å². The van der Waals surface area contributed by atoms with Crippen molar-refractivity contribution in [3.63, 3.8) is 0 Å². The van der Waals surface area contributed by atoms with Crippen LogP contribution in [0.2, 0.25) is 0 Å². The molecule has 7 heteroatoms. The number of anilines is 1. The molecule has 1 amide bonds. The summed E-state index contributed by atoms with van der Waals surface area (Å²) < 4.78 is 12.9. The molecule has 0 spiro atoms. The molecular weight excluding hydrogens is 313 g/mol. The zero-order chi connectivity index (χ0) is 17.7. The molecule has 2 aromatic rings. The van der Waals surface area contributed by atoms with Crippen LogP contribution in [0.25, 0.3) is 0 Å². The topological polar surface area (TPSA) is 98.3 Å². The van der Waals surface area contributed by atoms with E-state index in [1.165, 1.54) is 18.2 Å². The van der Waals surface area contributed by atoms with Gasteiger partial charge in [0.25, 0.3) is 5.69 Å². The van der Waals surface area contributed by atoms with Crippen molar-refractivity contribution in [3.8, 4) is 0 Å². The van der Waals surface area contributed by atoms with Gasteiger partial charge in [-0.15, -0.1) is 0 Å². The van der Waals surface area contributed by atoms with Crippen LogP contribution >= 0.6 is 0 Å². The minimum absolute atomic E-state index is 0.0556. The van der Waals surface area contributed by atoms with Gasteiger partial charge in [0.1, 0.15) is 11.5 Å². The molecule has 2 rings (SSSR count). The van der Waals surface area contributed by atoms with E-state index in [-0.39, 0.29) is 18.0 Å². The summed E-state index contributed by atoms with van der Waals surface area (Å²) in [5.74, 6) is -1.46. The summed E-state index contributed by atoms with van der Waals surface area (Å²) in [6, 6.07) is 10.5. The lowest BCUT2D eigenvalue weighted by Crippen LogP contribution is -2.31. The lowest BCUT2D eigenvalue weighted by Gasteiger charge is -2.16. The molecule has 0 saturated heterocycles. The number of aryl methyl sites for hydroxylation is 1. The lowest BCUT2D eigenvalue weighted by molar-refractivity contribution is -0.384. The summed E-state index contributed by atoms with van der Waals surface area (Å²) in [5, 5.41) is 14.1. The number of amides is 1. The van der Waals surface area contributed by atoms with E-state index >= 15 is 0 Å². The number of nitro groups is 1. The SMILES string of the molecule is Cc1cccc([N+](=O)[O-])c1NCC(Cc1ccc(F)cc1)C(N)=O. The average Bonchev–Trinajstić information content (AvgIpc) is 2.53. The van der Waals surface area contributed by atoms with Crippen molar-refractivity contribution >= 4 is 17.3 Å². The van der Waals surface area contributed by atoms with Gasteiger partial charge in [-0.2, -0.15) is 0 Å². The van der Waals surface area contributed by atoms with E-state index in [9.17, 15) is 19.3 Å². The third kappa shape index (κ3) is 4.28. The second kappa shape index (κ2) is 7.54. The molecule has 1 unspecified atom stereocenters. The van der Waals surface area contributed by atoms with E-state index in [0.29, 0.717) is 17.7 Å². The molecule has 24 heavy (non-hydrogen) atoms. The fourth-order valence-electron chi connectivity index (χ4n) is 2.44. The summed E-state index contributed by atoms with van der Waals surface area (Å²) in [7, 11) is 0. The maximum atomic E-state index is 12.9. The van der Waals surface area contributed by atoms with Gasteiger partial charge in [-0.1, -0.05) is 24.3 Å². The summed E-state index contributed by atoms with van der Waals surface area (Å²) >= 11 is 0. The van der Waals surface area contributed by atoms with Crippen LogP contribution in [0.5, 0.6) is 0 Å². The van der Waals surface area contributed by atoms with Crippen LogP contribution in [0, 0.1) is 28.8 Å². The standard InChI is InChI=1S/C17H18FN3O3/c1-11-3-2-4-15(21(23)24)16(11)20-10-13(17(19)22)9-12-5-7-14(18)8-6-12/h2-8,13,20H,9-10H2,1H3,(H2,19,22). The van der Waals surface area contributed by atoms with Gasteiger partial charge < -0.3 is 11.1 Å². The molecule has 0 aliphatic heterocycles. The van der Waals surface area contributed by atoms with Crippen molar-refractivity contribution < 1.29 is 14.1 Å². The maximum absolute atomic E-state index is 12.9. The van der Waals surface area contributed by atoms with Crippen molar-refractivity contribution in [3.05, 3.63) is 69.5 Å². The molecule has 1 atom stereocenters. The van der Waals surface area contributed by atoms with E-state index in [1.54, 1.807) is 31.2 Å². The number of hydrogen-bond acceptors (Lipinski definition) is 4. The van der Waals surface area contributed by atoms with E-state index in [2.05, 4.69) is 5.32 Å². The van der Waals surface area contributed by atoms with Crippen molar-refractivity contribution in [1.82, 2.24) is 0 Å². The van der Waals surface area contributed by atoms with Crippen LogP contribution in [-0.4, -0.2) is 17.4 Å². The Morgan fingerprint density at radius 3 is 2.54 bits per heavy atom. The Morgan fingerprint density at radius 2 is 1.96 bits per heavy atom. The minimum Gasteiger partial charge on any atom is -0.378 e. The summed E-state index contributed by atoms with van der Waals surface area (Å²) in [6.07, 6.45) is 0.322. The summed E-state index contributed by atoms with van der Waals surface area (Å²) in [6.45, 7) is 1.90. The molecular formula is C17H18FN3O3. The van der Waals surface area contributed by atoms with E-state index in [4.69, 9.17) is 5.73 Å². The van der Waals surface area contributed by atoms with E-state index in [1.807, 2.05) is 0 Å². The van der Waals surface area contributed by atoms with Gasteiger partial charge in [0, 0.05) is 12.6 Å². The number of nitrogens with two attached hydrogens (primary N) is 1. The number of benzene rings is 2. The largest absolute Gasteiger partial charge is 0.378 e. The van der Waals surface area contributed by atoms with Gasteiger partial charge in [-0.25, -0.2) is 4.39 Å². The molecule has 2 aromatic carbocycles. The van der Waals surface area contributed by atoms with Gasteiger partial charge in [-0.05, 0) is 36.6 Å². The predicted molar refractivity (Wildman–Crippen MR) is 89.1 cm³/mol. The quantitative estimate of drug-likeness (QED) is 0.602. The van der Waals surface area contributed by atoms with E-state index < -0.39 is 16.7 Å². The molecule has 0 aliphatic carbocycles. The Hall–Kier alpha value is -2.96. The highest BCUT2D eigenvalue weighted by molar-refractivity contribution is 5.78. The molecule has 6 nitrogen and oxygen atoms in total. The Balaban J connectivity index is 2.14. The Bertz CT molecular complexity index is 747. The normalized spacial score (nSPS) is 11.8. The predicted octanol–water partition coefficient (Wildman–Crippen LogP) is 2.80. The van der Waals surface area contributed by atoms with Gasteiger partial charge in [0.15, 0.2) is 0 Å². The molecule has 126 valence electrons. The molecule has 0 saturated carbocycles. The average molecular weight is 331 g/mol. The Labute approximate surface area is 138 Å². The van der Waals surface area contributed by atoms with Crippen LogP contribution in [0.15, 0.2) is 42.5 Å². The minimum atomic E-state index is -0.574. The lowest BCUT2D eigenvalue weighted by atomic mass is 9.98. The maximum Gasteiger partial charge on any atom is 0.292 e. The highest BCUT2D eigenvalue weighted by Gasteiger charge is 2.20. The van der Waals surface area contributed by atoms with Crippen LogP contribution in [0.3, 0.4) is 0 Å². The van der Waals surface area contributed by atoms with Gasteiger partial charge in [0.2, 0.25) is 5.91 Å². The van der Waals surface area contributed by atoms with Crippen molar-refractivity contribution in [2.75, 3.05) is 11.9 Å². The number of primary amides is 1. The number of hydrogen-bond donors (Lipinski definition) is 2. The number of halogens is 1. The second-order valence-corrected chi connectivity index (χ2v) is 5.54. The molecule has 3 N–H and O–H groups in total. The van der Waals surface area contributed by atoms with Gasteiger partial charge in [-0.3, -0.25) is 14.9 Å². The molecule has 0 heterocycles. The molecule has 0 aromatic heterocycles. The number of nitrogens with one attached hydrogen (secondary N) is 1. The van der Waals surface area contributed by atoms with Crippen molar-refractivity contribution in [2.45, 2.75) is 13.3 Å². The van der Waals surface area contributed by atoms with Crippen LogP contribution in [0.4, 0.5) is 15.8 Å².